The molecule has 53 heavy (non-hydrogen) atoms. The third-order valence-corrected chi connectivity index (χ3v) is 10.9. The fraction of sp³-hybridized carbons (Fsp3) is 0. The first-order chi connectivity index (χ1) is 26.3. The smallest absolute Gasteiger partial charge is 0.235 e. The van der Waals surface area contributed by atoms with Crippen LogP contribution in [0.25, 0.3) is 110 Å². The van der Waals surface area contributed by atoms with Gasteiger partial charge < -0.3 is 8.98 Å². The molecule has 0 saturated carbocycles. The minimum Gasteiger partial charge on any atom is -0.456 e. The average molecular weight is 677 g/mol. The maximum atomic E-state index is 6.47. The summed E-state index contributed by atoms with van der Waals surface area (Å²) in [5.41, 5.74) is 10.0. The molecule has 0 fully saturated rings. The first-order valence-corrected chi connectivity index (χ1v) is 17.9. The molecule has 12 aromatic rings. The number of fused-ring (bicyclic) bond motifs is 13. The lowest BCUT2D eigenvalue weighted by Crippen LogP contribution is -2.04. The fourth-order valence-corrected chi connectivity index (χ4v) is 8.63. The van der Waals surface area contributed by atoms with E-state index in [9.17, 15) is 0 Å². The van der Waals surface area contributed by atoms with Crippen molar-refractivity contribution in [2.45, 2.75) is 0 Å². The van der Waals surface area contributed by atoms with E-state index in [0.29, 0.717) is 5.95 Å². The van der Waals surface area contributed by atoms with Crippen LogP contribution in [0.3, 0.4) is 0 Å². The Morgan fingerprint density at radius 1 is 0.415 bits per heavy atom. The number of rotatable bonds is 3. The van der Waals surface area contributed by atoms with Crippen molar-refractivity contribution in [2.24, 2.45) is 0 Å². The molecular weight excluding hydrogens is 649 g/mol. The molecule has 5 nitrogen and oxygen atoms in total. The van der Waals surface area contributed by atoms with Gasteiger partial charge in [-0.05, 0) is 53.2 Å². The monoisotopic (exact) mass is 676 g/mol. The molecule has 0 aliphatic carbocycles. The van der Waals surface area contributed by atoms with E-state index in [2.05, 4.69) is 167 Å². The largest absolute Gasteiger partial charge is 0.456 e. The highest BCUT2D eigenvalue weighted by molar-refractivity contribution is 6.31. The van der Waals surface area contributed by atoms with Crippen LogP contribution < -0.4 is 0 Å². The maximum Gasteiger partial charge on any atom is 0.235 e. The summed E-state index contributed by atoms with van der Waals surface area (Å²) < 4.78 is 11.2. The lowest BCUT2D eigenvalue weighted by atomic mass is 10.0. The van der Waals surface area contributed by atoms with E-state index < -0.39 is 0 Å². The molecule has 0 unspecified atom stereocenters. The number of furan rings is 1. The van der Waals surface area contributed by atoms with Gasteiger partial charge in [0.15, 0.2) is 0 Å². The molecule has 5 heteroatoms. The van der Waals surface area contributed by atoms with E-state index in [1.165, 1.54) is 16.2 Å². The molecule has 0 radical (unpaired) electrons. The molecule has 0 saturated heterocycles. The van der Waals surface area contributed by atoms with Gasteiger partial charge in [0.2, 0.25) is 5.95 Å². The zero-order valence-corrected chi connectivity index (χ0v) is 28.4. The SMILES string of the molecule is c1ccc(-c2nc(-n3c4ccccc4c4ccc5c6c7c(ccc6n(-c6ccc8ccccc8c6)c5c43)oc3ccccc37)nc3ccccc23)cc1. The standard InChI is InChI=1S/C48H28N4O/c1-2-13-30(14-3-1)45-35-17-6-9-19-38(35)49-48(50-45)52-39-20-10-7-16-33(39)34-24-25-37-43-40(26-27-42-44(43)36-18-8-11-21-41(36)53-42)51(47(37)46(34)52)32-23-22-29-12-4-5-15-31(29)28-32/h1-28H. The van der Waals surface area contributed by atoms with Gasteiger partial charge in [0.25, 0.3) is 0 Å². The van der Waals surface area contributed by atoms with E-state index in [-0.39, 0.29) is 0 Å². The third-order valence-electron chi connectivity index (χ3n) is 10.9. The van der Waals surface area contributed by atoms with Gasteiger partial charge >= 0.3 is 0 Å². The second-order valence-corrected chi connectivity index (χ2v) is 13.8. The van der Waals surface area contributed by atoms with Crippen LogP contribution in [0, 0.1) is 0 Å². The first kappa shape index (κ1) is 28.5. The predicted molar refractivity (Wildman–Crippen MR) is 218 cm³/mol. The number of hydrogen-bond donors (Lipinski definition) is 0. The zero-order chi connectivity index (χ0) is 34.6. The van der Waals surface area contributed by atoms with Crippen molar-refractivity contribution in [1.82, 2.24) is 19.1 Å². The van der Waals surface area contributed by atoms with E-state index in [0.717, 1.165) is 88.0 Å². The molecule has 0 aliphatic heterocycles. The summed E-state index contributed by atoms with van der Waals surface area (Å²) in [6.45, 7) is 0. The van der Waals surface area contributed by atoms with Crippen molar-refractivity contribution in [3.05, 3.63) is 170 Å². The van der Waals surface area contributed by atoms with Crippen LogP contribution in [0.1, 0.15) is 0 Å². The van der Waals surface area contributed by atoms with Crippen LogP contribution in [0.15, 0.2) is 174 Å². The van der Waals surface area contributed by atoms with Gasteiger partial charge in [0.1, 0.15) is 11.2 Å². The van der Waals surface area contributed by atoms with Crippen molar-refractivity contribution in [1.29, 1.82) is 0 Å². The van der Waals surface area contributed by atoms with Crippen molar-refractivity contribution in [3.63, 3.8) is 0 Å². The Morgan fingerprint density at radius 2 is 1.13 bits per heavy atom. The Balaban J connectivity index is 1.31. The Morgan fingerprint density at radius 3 is 2.04 bits per heavy atom. The lowest BCUT2D eigenvalue weighted by molar-refractivity contribution is 0.669. The number of aromatic nitrogens is 4. The Labute approximate surface area is 302 Å². The van der Waals surface area contributed by atoms with Crippen LogP contribution in [-0.2, 0) is 0 Å². The summed E-state index contributed by atoms with van der Waals surface area (Å²) in [5, 5.41) is 10.2. The Hall–Kier alpha value is -7.24. The van der Waals surface area contributed by atoms with Gasteiger partial charge in [-0.2, -0.15) is 0 Å². The fourth-order valence-electron chi connectivity index (χ4n) is 8.63. The molecular formula is C48H28N4O. The van der Waals surface area contributed by atoms with Crippen molar-refractivity contribution >= 4 is 87.2 Å². The van der Waals surface area contributed by atoms with Crippen LogP contribution in [-0.4, -0.2) is 19.1 Å². The topological polar surface area (TPSA) is 48.8 Å². The molecule has 4 heterocycles. The van der Waals surface area contributed by atoms with E-state index in [4.69, 9.17) is 14.4 Å². The van der Waals surface area contributed by atoms with Crippen LogP contribution in [0.2, 0.25) is 0 Å². The van der Waals surface area contributed by atoms with Gasteiger partial charge in [0.05, 0.1) is 33.3 Å². The summed E-state index contributed by atoms with van der Waals surface area (Å²) >= 11 is 0. The third kappa shape index (κ3) is 3.96. The second kappa shape index (κ2) is 10.6. The molecule has 0 spiro atoms. The highest BCUT2D eigenvalue weighted by atomic mass is 16.3. The second-order valence-electron chi connectivity index (χ2n) is 13.8. The summed E-state index contributed by atoms with van der Waals surface area (Å²) in [4.78, 5) is 10.7. The van der Waals surface area contributed by atoms with Crippen molar-refractivity contribution in [2.75, 3.05) is 0 Å². The minimum atomic E-state index is 0.635. The normalized spacial score (nSPS) is 12.2. The summed E-state index contributed by atoms with van der Waals surface area (Å²) in [7, 11) is 0. The minimum absolute atomic E-state index is 0.635. The van der Waals surface area contributed by atoms with E-state index in [1.807, 2.05) is 12.1 Å². The number of hydrogen-bond acceptors (Lipinski definition) is 3. The summed E-state index contributed by atoms with van der Waals surface area (Å²) in [6, 6.07) is 60.0. The highest BCUT2D eigenvalue weighted by Gasteiger charge is 2.25. The van der Waals surface area contributed by atoms with Gasteiger partial charge in [-0.15, -0.1) is 0 Å². The molecule has 8 aromatic carbocycles. The quantitative estimate of drug-likeness (QED) is 0.187. The first-order valence-electron chi connectivity index (χ1n) is 17.9. The molecule has 4 aromatic heterocycles. The molecule has 12 rings (SSSR count). The average Bonchev–Trinajstić information content (AvgIpc) is 3.88. The van der Waals surface area contributed by atoms with Gasteiger partial charge in [0, 0.05) is 49.0 Å². The highest BCUT2D eigenvalue weighted by Crippen LogP contribution is 2.45. The summed E-state index contributed by atoms with van der Waals surface area (Å²) in [6.07, 6.45) is 0. The maximum absolute atomic E-state index is 6.47. The van der Waals surface area contributed by atoms with Crippen molar-refractivity contribution < 1.29 is 4.42 Å². The lowest BCUT2D eigenvalue weighted by Gasteiger charge is -2.14. The molecule has 0 bridgehead atoms. The van der Waals surface area contributed by atoms with Crippen LogP contribution >= 0.6 is 0 Å². The molecule has 0 amide bonds. The van der Waals surface area contributed by atoms with Gasteiger partial charge in [-0.1, -0.05) is 127 Å². The van der Waals surface area contributed by atoms with Crippen LogP contribution in [0.5, 0.6) is 0 Å². The molecule has 246 valence electrons. The van der Waals surface area contributed by atoms with Crippen LogP contribution in [0.4, 0.5) is 0 Å². The number of benzene rings is 8. The van der Waals surface area contributed by atoms with Gasteiger partial charge in [-0.3, -0.25) is 4.57 Å². The summed E-state index contributed by atoms with van der Waals surface area (Å²) in [5.74, 6) is 0.635. The molecule has 0 aliphatic rings. The number of nitrogens with zero attached hydrogens (tertiary/aromatic N) is 4. The molecule has 0 N–H and O–H groups in total. The molecule has 0 atom stereocenters. The zero-order valence-electron chi connectivity index (χ0n) is 28.4. The van der Waals surface area contributed by atoms with E-state index in [1.54, 1.807) is 0 Å². The van der Waals surface area contributed by atoms with E-state index >= 15 is 0 Å². The Kier molecular flexibility index (Phi) is 5.71. The Bertz CT molecular complexity index is 3460. The van der Waals surface area contributed by atoms with Gasteiger partial charge in [-0.25, -0.2) is 9.97 Å². The van der Waals surface area contributed by atoms with Crippen molar-refractivity contribution in [3.8, 4) is 22.9 Å². The predicted octanol–water partition coefficient (Wildman–Crippen LogP) is 12.5. The number of para-hydroxylation sites is 3.